The molecule has 0 saturated heterocycles. The Morgan fingerprint density at radius 2 is 1.94 bits per heavy atom. The van der Waals surface area contributed by atoms with Crippen molar-refractivity contribution in [1.82, 2.24) is 5.32 Å². The van der Waals surface area contributed by atoms with Crippen molar-refractivity contribution in [3.63, 3.8) is 0 Å². The molecule has 5 nitrogen and oxygen atoms in total. The van der Waals surface area contributed by atoms with Gasteiger partial charge in [-0.2, -0.15) is 8.42 Å². The minimum atomic E-state index is -4.36. The molecule has 1 rings (SSSR count). The van der Waals surface area contributed by atoms with Crippen LogP contribution in [-0.4, -0.2) is 24.3 Å². The van der Waals surface area contributed by atoms with E-state index in [0.717, 1.165) is 0 Å². The summed E-state index contributed by atoms with van der Waals surface area (Å²) in [6.45, 7) is 4.87. The van der Waals surface area contributed by atoms with E-state index in [1.807, 2.05) is 0 Å². The van der Waals surface area contributed by atoms with Crippen LogP contribution in [0.1, 0.15) is 12.5 Å². The van der Waals surface area contributed by atoms with Gasteiger partial charge >= 0.3 is 0 Å². The highest BCUT2D eigenvalue weighted by atomic mass is 32.2. The number of hydrogen-bond donors (Lipinski definition) is 2. The largest absolute Gasteiger partial charge is 0.333 e. The first-order valence-corrected chi connectivity index (χ1v) is 6.77. The first-order chi connectivity index (χ1) is 8.30. The van der Waals surface area contributed by atoms with Crippen molar-refractivity contribution in [1.29, 1.82) is 0 Å². The lowest BCUT2D eigenvalue weighted by molar-refractivity contribution is -0.117. The second-order valence-electron chi connectivity index (χ2n) is 3.95. The van der Waals surface area contributed by atoms with Crippen molar-refractivity contribution in [3.05, 3.63) is 48.0 Å². The average molecular weight is 269 g/mol. The summed E-state index contributed by atoms with van der Waals surface area (Å²) in [7, 11) is -4.36. The van der Waals surface area contributed by atoms with E-state index in [1.54, 1.807) is 30.3 Å². The van der Waals surface area contributed by atoms with Gasteiger partial charge in [-0.1, -0.05) is 36.9 Å². The predicted molar refractivity (Wildman–Crippen MR) is 68.4 cm³/mol. The smallest absolute Gasteiger partial charge is 0.286 e. The normalized spacial score (nSPS) is 12.8. The molecular weight excluding hydrogens is 254 g/mol. The quantitative estimate of drug-likeness (QED) is 0.620. The van der Waals surface area contributed by atoms with Crippen molar-refractivity contribution >= 4 is 16.0 Å². The molecule has 98 valence electrons. The van der Waals surface area contributed by atoms with E-state index in [0.29, 0.717) is 5.56 Å². The maximum Gasteiger partial charge on any atom is 0.286 e. The molecule has 1 unspecified atom stereocenters. The van der Waals surface area contributed by atoms with Gasteiger partial charge in [-0.25, -0.2) is 0 Å². The lowest BCUT2D eigenvalue weighted by atomic mass is 10.1. The van der Waals surface area contributed by atoms with Crippen molar-refractivity contribution in [3.8, 4) is 0 Å². The topological polar surface area (TPSA) is 83.5 Å². The van der Waals surface area contributed by atoms with Gasteiger partial charge in [-0.05, 0) is 12.5 Å². The maximum absolute atomic E-state index is 11.4. The first kappa shape index (κ1) is 14.4. The molecule has 18 heavy (non-hydrogen) atoms. The zero-order valence-electron chi connectivity index (χ0n) is 9.96. The molecule has 0 radical (unpaired) electrons. The first-order valence-electron chi connectivity index (χ1n) is 5.27. The number of carbonyl (C=O) groups excluding carboxylic acids is 1. The van der Waals surface area contributed by atoms with E-state index in [9.17, 15) is 13.2 Å². The fraction of sp³-hybridized carbons (Fsp3) is 0.250. The van der Waals surface area contributed by atoms with Gasteiger partial charge in [0.05, 0.1) is 0 Å². The molecule has 0 aliphatic rings. The average Bonchev–Trinajstić information content (AvgIpc) is 2.28. The zero-order valence-corrected chi connectivity index (χ0v) is 10.8. The summed E-state index contributed by atoms with van der Waals surface area (Å²) in [5.74, 6) is -0.603. The van der Waals surface area contributed by atoms with Crippen LogP contribution in [-0.2, 0) is 21.3 Å². The van der Waals surface area contributed by atoms with Crippen LogP contribution in [0.5, 0.6) is 0 Å². The van der Waals surface area contributed by atoms with Gasteiger partial charge in [-0.15, -0.1) is 0 Å². The van der Waals surface area contributed by atoms with Gasteiger partial charge < -0.3 is 5.32 Å². The van der Waals surface area contributed by atoms with Crippen LogP contribution in [0.25, 0.3) is 0 Å². The van der Waals surface area contributed by atoms with Gasteiger partial charge in [0.2, 0.25) is 5.91 Å². The molecule has 0 saturated carbocycles. The summed E-state index contributed by atoms with van der Waals surface area (Å²) in [6.07, 6.45) is -0.00130. The van der Waals surface area contributed by atoms with Crippen molar-refractivity contribution in [2.24, 2.45) is 0 Å². The predicted octanol–water partition coefficient (Wildman–Crippen LogP) is 1.14. The molecule has 0 heterocycles. The Morgan fingerprint density at radius 3 is 2.39 bits per heavy atom. The van der Waals surface area contributed by atoms with Gasteiger partial charge in [-0.3, -0.25) is 9.35 Å². The highest BCUT2D eigenvalue weighted by molar-refractivity contribution is 7.86. The van der Waals surface area contributed by atoms with Gasteiger partial charge in [0.25, 0.3) is 10.1 Å². The van der Waals surface area contributed by atoms with Crippen LogP contribution in [0.2, 0.25) is 0 Å². The van der Waals surface area contributed by atoms with Gasteiger partial charge in [0.1, 0.15) is 0 Å². The number of rotatable bonds is 5. The Labute approximate surface area is 106 Å². The SMILES string of the molecule is C=C(C)C(=O)NC(Cc1ccccc1)S(=O)(=O)O. The van der Waals surface area contributed by atoms with E-state index >= 15 is 0 Å². The molecule has 1 atom stereocenters. The Kier molecular flexibility index (Phi) is 4.63. The third-order valence-corrected chi connectivity index (χ3v) is 3.31. The zero-order chi connectivity index (χ0) is 13.8. The van der Waals surface area contributed by atoms with Crippen LogP contribution in [0.15, 0.2) is 42.5 Å². The fourth-order valence-corrected chi connectivity index (χ4v) is 1.99. The molecule has 0 fully saturated rings. The Hall–Kier alpha value is -1.66. The molecular formula is C12H15NO4S. The maximum atomic E-state index is 11.4. The fourth-order valence-electron chi connectivity index (χ4n) is 1.33. The third-order valence-electron chi connectivity index (χ3n) is 2.30. The lowest BCUT2D eigenvalue weighted by Crippen LogP contribution is -2.42. The second kappa shape index (κ2) is 5.79. The van der Waals surface area contributed by atoms with Crippen LogP contribution in [0, 0.1) is 0 Å². The molecule has 1 aromatic carbocycles. The molecule has 0 aromatic heterocycles. The summed E-state index contributed by atoms with van der Waals surface area (Å²) in [6, 6.07) is 8.71. The van der Waals surface area contributed by atoms with E-state index in [4.69, 9.17) is 4.55 Å². The summed E-state index contributed by atoms with van der Waals surface area (Å²) in [5, 5.41) is 0.857. The highest BCUT2D eigenvalue weighted by Gasteiger charge is 2.25. The monoisotopic (exact) mass is 269 g/mol. The summed E-state index contributed by atoms with van der Waals surface area (Å²) in [5.41, 5.74) is 0.874. The molecule has 0 bridgehead atoms. The van der Waals surface area contributed by atoms with Crippen LogP contribution >= 0.6 is 0 Å². The Morgan fingerprint density at radius 1 is 1.39 bits per heavy atom. The summed E-state index contributed by atoms with van der Waals surface area (Å²) < 4.78 is 31.5. The molecule has 0 spiro atoms. The molecule has 1 aromatic rings. The molecule has 1 amide bonds. The van der Waals surface area contributed by atoms with Crippen LogP contribution in [0.4, 0.5) is 0 Å². The van der Waals surface area contributed by atoms with Crippen LogP contribution in [0.3, 0.4) is 0 Å². The molecule has 0 aliphatic carbocycles. The third kappa shape index (κ3) is 4.31. The Balaban J connectivity index is 2.88. The number of amides is 1. The molecule has 2 N–H and O–H groups in total. The van der Waals surface area contributed by atoms with Crippen molar-refractivity contribution in [2.75, 3.05) is 0 Å². The van der Waals surface area contributed by atoms with Gasteiger partial charge in [0, 0.05) is 12.0 Å². The molecule has 0 aliphatic heterocycles. The standard InChI is InChI=1S/C12H15NO4S/c1-9(2)12(14)13-11(18(15,16)17)8-10-6-4-3-5-7-10/h3-7,11H,1,8H2,2H3,(H,13,14)(H,15,16,17). The number of carbonyl (C=O) groups is 1. The van der Waals surface area contributed by atoms with E-state index in [-0.39, 0.29) is 12.0 Å². The van der Waals surface area contributed by atoms with E-state index < -0.39 is 21.4 Å². The van der Waals surface area contributed by atoms with E-state index in [1.165, 1.54) is 6.92 Å². The number of nitrogens with one attached hydrogen (secondary N) is 1. The van der Waals surface area contributed by atoms with Crippen LogP contribution < -0.4 is 5.32 Å². The van der Waals surface area contributed by atoms with E-state index in [2.05, 4.69) is 11.9 Å². The minimum Gasteiger partial charge on any atom is -0.333 e. The minimum absolute atomic E-state index is 0.00130. The second-order valence-corrected chi connectivity index (χ2v) is 5.55. The van der Waals surface area contributed by atoms with Crippen molar-refractivity contribution < 1.29 is 17.8 Å². The van der Waals surface area contributed by atoms with Crippen molar-refractivity contribution in [2.45, 2.75) is 18.7 Å². The summed E-state index contributed by atoms with van der Waals surface area (Å²) in [4.78, 5) is 11.4. The number of benzene rings is 1. The lowest BCUT2D eigenvalue weighted by Gasteiger charge is -2.15. The summed E-state index contributed by atoms with van der Waals surface area (Å²) >= 11 is 0. The highest BCUT2D eigenvalue weighted by Crippen LogP contribution is 2.08. The van der Waals surface area contributed by atoms with Gasteiger partial charge in [0.15, 0.2) is 5.37 Å². The molecule has 6 heteroatoms. The number of hydrogen-bond acceptors (Lipinski definition) is 3. The Bertz CT molecular complexity index is 536.